The molecule has 1 aromatic heterocycles. The number of aromatic nitrogens is 2. The summed E-state index contributed by atoms with van der Waals surface area (Å²) in [5.41, 5.74) is 8.68. The summed E-state index contributed by atoms with van der Waals surface area (Å²) in [6, 6.07) is 0. The summed E-state index contributed by atoms with van der Waals surface area (Å²) in [5, 5.41) is 7.55. The number of aryl methyl sites for hydroxylation is 1. The number of amides is 1. The molecule has 1 amide bonds. The molecule has 0 radical (unpaired) electrons. The Morgan fingerprint density at radius 3 is 2.52 bits per heavy atom. The van der Waals surface area contributed by atoms with Crippen molar-refractivity contribution >= 4 is 5.91 Å². The zero-order valence-corrected chi connectivity index (χ0v) is 14.3. The van der Waals surface area contributed by atoms with Gasteiger partial charge in [-0.2, -0.15) is 5.10 Å². The average Bonchev–Trinajstić information content (AvgIpc) is 2.61. The van der Waals surface area contributed by atoms with E-state index in [1.54, 1.807) is 0 Å². The molecule has 21 heavy (non-hydrogen) atoms. The normalized spacial score (nSPS) is 12.0. The van der Waals surface area contributed by atoms with Crippen molar-refractivity contribution in [3.05, 3.63) is 17.0 Å². The lowest BCUT2D eigenvalue weighted by atomic mass is 10.0. The van der Waals surface area contributed by atoms with Crippen molar-refractivity contribution in [1.29, 1.82) is 0 Å². The van der Waals surface area contributed by atoms with Crippen LogP contribution < -0.4 is 11.1 Å². The zero-order chi connectivity index (χ0) is 16.2. The SMILES string of the molecule is Cc1nn(CC(C)C)c(C)c1CCC(=O)NC(C)(C)CN. The standard InChI is InChI=1S/C16H30N4O/c1-11(2)9-20-13(4)14(12(3)19-20)7-8-15(21)18-16(5,6)10-17/h11H,7-10,17H2,1-6H3,(H,18,21). The van der Waals surface area contributed by atoms with Crippen LogP contribution >= 0.6 is 0 Å². The van der Waals surface area contributed by atoms with E-state index in [-0.39, 0.29) is 11.4 Å². The first-order chi connectivity index (χ1) is 9.66. The van der Waals surface area contributed by atoms with Crippen molar-refractivity contribution in [3.63, 3.8) is 0 Å². The minimum absolute atomic E-state index is 0.0425. The largest absolute Gasteiger partial charge is 0.350 e. The van der Waals surface area contributed by atoms with Crippen molar-refractivity contribution in [3.8, 4) is 0 Å². The first-order valence-corrected chi connectivity index (χ1v) is 7.70. The van der Waals surface area contributed by atoms with E-state index >= 15 is 0 Å². The number of nitrogens with zero attached hydrogens (tertiary/aromatic N) is 2. The molecule has 0 atom stereocenters. The second-order valence-electron chi connectivity index (χ2n) is 6.86. The molecule has 0 fully saturated rings. The van der Waals surface area contributed by atoms with Crippen molar-refractivity contribution in [2.24, 2.45) is 11.7 Å². The van der Waals surface area contributed by atoms with Crippen LogP contribution in [0.25, 0.3) is 0 Å². The highest BCUT2D eigenvalue weighted by Gasteiger charge is 2.19. The van der Waals surface area contributed by atoms with Gasteiger partial charge in [0, 0.05) is 30.7 Å². The maximum Gasteiger partial charge on any atom is 0.220 e. The van der Waals surface area contributed by atoms with Crippen LogP contribution in [0, 0.1) is 19.8 Å². The second-order valence-corrected chi connectivity index (χ2v) is 6.86. The van der Waals surface area contributed by atoms with Crippen LogP contribution in [0.1, 0.15) is 51.1 Å². The first-order valence-electron chi connectivity index (χ1n) is 7.70. The van der Waals surface area contributed by atoms with E-state index < -0.39 is 0 Å². The summed E-state index contributed by atoms with van der Waals surface area (Å²) < 4.78 is 2.05. The van der Waals surface area contributed by atoms with E-state index in [4.69, 9.17) is 5.73 Å². The highest BCUT2D eigenvalue weighted by Crippen LogP contribution is 2.16. The van der Waals surface area contributed by atoms with Gasteiger partial charge >= 0.3 is 0 Å². The Morgan fingerprint density at radius 1 is 1.38 bits per heavy atom. The Morgan fingerprint density at radius 2 is 2.00 bits per heavy atom. The van der Waals surface area contributed by atoms with Gasteiger partial charge in [0.25, 0.3) is 0 Å². The number of carbonyl (C=O) groups excluding carboxylic acids is 1. The molecule has 0 saturated carbocycles. The molecule has 0 saturated heterocycles. The van der Waals surface area contributed by atoms with Crippen LogP contribution in [0.2, 0.25) is 0 Å². The quantitative estimate of drug-likeness (QED) is 0.807. The van der Waals surface area contributed by atoms with E-state index in [0.717, 1.165) is 18.7 Å². The van der Waals surface area contributed by atoms with E-state index in [2.05, 4.69) is 35.9 Å². The Kier molecular flexibility index (Phi) is 5.96. The predicted molar refractivity (Wildman–Crippen MR) is 86.1 cm³/mol. The van der Waals surface area contributed by atoms with Crippen LogP contribution in [-0.4, -0.2) is 27.8 Å². The Bertz CT molecular complexity index is 489. The van der Waals surface area contributed by atoms with Crippen molar-refractivity contribution < 1.29 is 4.79 Å². The molecule has 0 aliphatic heterocycles. The molecule has 0 aliphatic rings. The Balaban J connectivity index is 2.68. The van der Waals surface area contributed by atoms with E-state index in [9.17, 15) is 4.79 Å². The van der Waals surface area contributed by atoms with E-state index in [1.165, 1.54) is 11.3 Å². The Hall–Kier alpha value is -1.36. The fraction of sp³-hybridized carbons (Fsp3) is 0.750. The van der Waals surface area contributed by atoms with Crippen molar-refractivity contribution in [1.82, 2.24) is 15.1 Å². The first kappa shape index (κ1) is 17.7. The van der Waals surface area contributed by atoms with Gasteiger partial charge in [0.1, 0.15) is 0 Å². The van der Waals surface area contributed by atoms with Gasteiger partial charge in [-0.05, 0) is 45.6 Å². The summed E-state index contributed by atoms with van der Waals surface area (Å²) >= 11 is 0. The smallest absolute Gasteiger partial charge is 0.220 e. The lowest BCUT2D eigenvalue weighted by molar-refractivity contribution is -0.122. The molecule has 0 aromatic carbocycles. The molecule has 0 aliphatic carbocycles. The van der Waals surface area contributed by atoms with Crippen LogP contribution in [-0.2, 0) is 17.8 Å². The van der Waals surface area contributed by atoms with E-state index in [0.29, 0.717) is 18.9 Å². The van der Waals surface area contributed by atoms with Crippen molar-refractivity contribution in [2.45, 2.75) is 66.5 Å². The number of rotatable bonds is 7. The van der Waals surface area contributed by atoms with Gasteiger partial charge in [0.15, 0.2) is 0 Å². The molecule has 1 rings (SSSR count). The lowest BCUT2D eigenvalue weighted by Gasteiger charge is -2.24. The van der Waals surface area contributed by atoms with Crippen molar-refractivity contribution in [2.75, 3.05) is 6.54 Å². The predicted octanol–water partition coefficient (Wildman–Crippen LogP) is 1.94. The maximum absolute atomic E-state index is 12.0. The number of hydrogen-bond acceptors (Lipinski definition) is 3. The molecule has 1 aromatic rings. The summed E-state index contributed by atoms with van der Waals surface area (Å²) in [4.78, 5) is 12.0. The summed E-state index contributed by atoms with van der Waals surface area (Å²) in [5.74, 6) is 0.602. The van der Waals surface area contributed by atoms with Gasteiger partial charge < -0.3 is 11.1 Å². The fourth-order valence-corrected chi connectivity index (χ4v) is 2.35. The second kappa shape index (κ2) is 7.07. The Labute approximate surface area is 128 Å². The molecule has 0 unspecified atom stereocenters. The topological polar surface area (TPSA) is 72.9 Å². The van der Waals surface area contributed by atoms with Gasteiger partial charge in [0.05, 0.1) is 5.69 Å². The van der Waals surface area contributed by atoms with Crippen LogP contribution in [0.3, 0.4) is 0 Å². The molecule has 5 heteroatoms. The fourth-order valence-electron chi connectivity index (χ4n) is 2.35. The molecular weight excluding hydrogens is 264 g/mol. The van der Waals surface area contributed by atoms with Gasteiger partial charge in [-0.3, -0.25) is 9.48 Å². The molecule has 120 valence electrons. The molecular formula is C16H30N4O. The van der Waals surface area contributed by atoms with Crippen LogP contribution in [0.4, 0.5) is 0 Å². The molecule has 0 bridgehead atoms. The number of hydrogen-bond donors (Lipinski definition) is 2. The minimum Gasteiger partial charge on any atom is -0.350 e. The molecule has 1 heterocycles. The third-order valence-electron chi connectivity index (χ3n) is 3.66. The van der Waals surface area contributed by atoms with Gasteiger partial charge in [-0.25, -0.2) is 0 Å². The summed E-state index contributed by atoms with van der Waals surface area (Å²) in [6.07, 6.45) is 1.20. The summed E-state index contributed by atoms with van der Waals surface area (Å²) in [6.45, 7) is 13.7. The lowest BCUT2D eigenvalue weighted by Crippen LogP contribution is -2.48. The number of carbonyl (C=O) groups is 1. The molecule has 0 spiro atoms. The number of nitrogens with one attached hydrogen (secondary N) is 1. The van der Waals surface area contributed by atoms with Gasteiger partial charge in [0.2, 0.25) is 5.91 Å². The third kappa shape index (κ3) is 5.16. The monoisotopic (exact) mass is 294 g/mol. The molecule has 5 nitrogen and oxygen atoms in total. The van der Waals surface area contributed by atoms with E-state index in [1.807, 2.05) is 20.8 Å². The highest BCUT2D eigenvalue weighted by molar-refractivity contribution is 5.77. The summed E-state index contributed by atoms with van der Waals surface area (Å²) in [7, 11) is 0. The molecule has 3 N–H and O–H groups in total. The minimum atomic E-state index is -0.344. The van der Waals surface area contributed by atoms with Crippen LogP contribution in [0.5, 0.6) is 0 Å². The number of nitrogens with two attached hydrogens (primary N) is 1. The third-order valence-corrected chi connectivity index (χ3v) is 3.66. The zero-order valence-electron chi connectivity index (χ0n) is 14.3. The van der Waals surface area contributed by atoms with Crippen LogP contribution in [0.15, 0.2) is 0 Å². The maximum atomic E-state index is 12.0. The average molecular weight is 294 g/mol. The van der Waals surface area contributed by atoms with Gasteiger partial charge in [-0.1, -0.05) is 13.8 Å². The highest BCUT2D eigenvalue weighted by atomic mass is 16.1. The van der Waals surface area contributed by atoms with Gasteiger partial charge in [-0.15, -0.1) is 0 Å².